The molecule has 0 N–H and O–H groups in total. The van der Waals surface area contributed by atoms with Crippen LogP contribution in [-0.2, 0) is 26.7 Å². The Balaban J connectivity index is 2.21. The molecule has 4 heteroatoms. The molecule has 0 aliphatic heterocycles. The molecule has 0 radical (unpaired) electrons. The monoisotopic (exact) mass is 346 g/mol. The Hall–Kier alpha value is -1.58. The number of nitrogens with zero attached hydrogens (tertiary/aromatic N) is 4. The molecular weight excluding hydrogens is 308 g/mol. The van der Waals surface area contributed by atoms with Crippen LogP contribution in [0.1, 0.15) is 72.1 Å². The second-order valence-electron chi connectivity index (χ2n) is 7.15. The van der Waals surface area contributed by atoms with E-state index in [1.54, 1.807) is 0 Å². The van der Waals surface area contributed by atoms with Crippen molar-refractivity contribution in [1.82, 2.24) is 9.13 Å². The predicted molar refractivity (Wildman–Crippen MR) is 103 cm³/mol. The second kappa shape index (κ2) is 10.4. The molecule has 2 aromatic heterocycles. The predicted octanol–water partition coefficient (Wildman–Crippen LogP) is 4.25. The minimum absolute atomic E-state index is 1.01. The van der Waals surface area contributed by atoms with Gasteiger partial charge in [0.05, 0.1) is 26.7 Å². The van der Waals surface area contributed by atoms with E-state index in [1.165, 1.54) is 63.0 Å². The average Bonchev–Trinajstić information content (AvgIpc) is 3.18. The average molecular weight is 347 g/mol. The molecule has 0 amide bonds. The lowest BCUT2D eigenvalue weighted by atomic mass is 10.2. The van der Waals surface area contributed by atoms with Crippen LogP contribution < -0.4 is 9.13 Å². The van der Waals surface area contributed by atoms with Crippen LogP contribution in [0, 0.1) is 0 Å². The van der Waals surface area contributed by atoms with E-state index >= 15 is 0 Å². The van der Waals surface area contributed by atoms with Gasteiger partial charge in [-0.3, -0.25) is 0 Å². The number of imidazole rings is 2. The zero-order chi connectivity index (χ0) is 18.1. The Morgan fingerprint density at radius 3 is 2.12 bits per heavy atom. The van der Waals surface area contributed by atoms with E-state index in [0.717, 1.165) is 19.6 Å². The first kappa shape index (κ1) is 19.7. The first-order valence-corrected chi connectivity index (χ1v) is 10.4. The summed E-state index contributed by atoms with van der Waals surface area (Å²) in [6.07, 6.45) is 19.4. The topological polar surface area (TPSA) is 17.6 Å². The normalized spacial score (nSPS) is 11.4. The van der Waals surface area contributed by atoms with Gasteiger partial charge in [0.15, 0.2) is 0 Å². The van der Waals surface area contributed by atoms with E-state index in [0.29, 0.717) is 0 Å². The zero-order valence-corrected chi connectivity index (χ0v) is 16.9. The van der Waals surface area contributed by atoms with E-state index in [4.69, 9.17) is 0 Å². The molecule has 25 heavy (non-hydrogen) atoms. The van der Waals surface area contributed by atoms with Crippen LogP contribution in [0.4, 0.5) is 0 Å². The summed E-state index contributed by atoms with van der Waals surface area (Å²) >= 11 is 0. The van der Waals surface area contributed by atoms with Crippen molar-refractivity contribution in [3.63, 3.8) is 0 Å². The lowest BCUT2D eigenvalue weighted by Gasteiger charge is -2.05. The summed E-state index contributed by atoms with van der Waals surface area (Å²) in [5, 5.41) is 0. The fraction of sp³-hybridized carbons (Fsp3) is 0.714. The third-order valence-electron chi connectivity index (χ3n) is 5.09. The Kier molecular flexibility index (Phi) is 8.23. The number of aryl methyl sites for hydroxylation is 4. The number of hydrogen-bond acceptors (Lipinski definition) is 0. The molecule has 4 nitrogen and oxygen atoms in total. The quantitative estimate of drug-likeness (QED) is 0.404. The fourth-order valence-corrected chi connectivity index (χ4v) is 3.57. The minimum Gasteiger partial charge on any atom is -0.226 e. The summed E-state index contributed by atoms with van der Waals surface area (Å²) in [6.45, 7) is 10.0. The summed E-state index contributed by atoms with van der Waals surface area (Å²) in [6, 6.07) is 0. The molecule has 0 spiro atoms. The molecule has 0 atom stereocenters. The van der Waals surface area contributed by atoms with Crippen LogP contribution >= 0.6 is 0 Å². The summed E-state index contributed by atoms with van der Waals surface area (Å²) in [5.41, 5.74) is 0. The molecular formula is C21H38N4+2. The van der Waals surface area contributed by atoms with E-state index in [-0.39, 0.29) is 0 Å². The smallest absolute Gasteiger partial charge is 0.226 e. The third-order valence-corrected chi connectivity index (χ3v) is 5.09. The van der Waals surface area contributed by atoms with Crippen LogP contribution in [0.2, 0.25) is 0 Å². The first-order valence-electron chi connectivity index (χ1n) is 10.4. The molecule has 2 rings (SSSR count). The Morgan fingerprint density at radius 2 is 1.44 bits per heavy atom. The highest BCUT2D eigenvalue weighted by Gasteiger charge is 2.30. The van der Waals surface area contributed by atoms with Crippen LogP contribution in [-0.4, -0.2) is 9.13 Å². The van der Waals surface area contributed by atoms with E-state index in [2.05, 4.69) is 70.9 Å². The maximum atomic E-state index is 2.46. The van der Waals surface area contributed by atoms with Crippen molar-refractivity contribution in [2.45, 2.75) is 91.8 Å². The highest BCUT2D eigenvalue weighted by atomic mass is 15.2. The first-order chi connectivity index (χ1) is 12.2. The molecule has 0 aliphatic rings. The number of unbranched alkanes of at least 4 members (excludes halogenated alkanes) is 6. The van der Waals surface area contributed by atoms with Crippen molar-refractivity contribution in [2.24, 2.45) is 7.05 Å². The van der Waals surface area contributed by atoms with E-state index < -0.39 is 0 Å². The molecule has 140 valence electrons. The molecule has 0 saturated heterocycles. The molecule has 0 aliphatic carbocycles. The molecule has 0 aromatic carbocycles. The lowest BCUT2D eigenvalue weighted by molar-refractivity contribution is -0.705. The highest BCUT2D eigenvalue weighted by Crippen LogP contribution is 2.15. The summed E-state index contributed by atoms with van der Waals surface area (Å²) in [7, 11) is 2.17. The van der Waals surface area contributed by atoms with Crippen molar-refractivity contribution in [1.29, 1.82) is 0 Å². The van der Waals surface area contributed by atoms with Crippen molar-refractivity contribution in [3.8, 4) is 11.6 Å². The van der Waals surface area contributed by atoms with Gasteiger partial charge in [-0.2, -0.15) is 0 Å². The summed E-state index contributed by atoms with van der Waals surface area (Å²) in [5.74, 6) is 2.68. The van der Waals surface area contributed by atoms with Gasteiger partial charge in [-0.25, -0.2) is 18.3 Å². The molecule has 2 aromatic rings. The highest BCUT2D eigenvalue weighted by molar-refractivity contribution is 5.36. The van der Waals surface area contributed by atoms with E-state index in [9.17, 15) is 0 Å². The standard InChI is InChI=1S/C21H38N4/c1-5-8-10-12-14-24-17-16-22(4)20(24)21-23(7-3)18-19-25(21)15-13-11-9-6-2/h16-19H,5-15H2,1-4H3/q+2. The molecule has 0 unspecified atom stereocenters. The Bertz CT molecular complexity index is 624. The van der Waals surface area contributed by atoms with Gasteiger partial charge in [0.2, 0.25) is 0 Å². The Morgan fingerprint density at radius 1 is 0.760 bits per heavy atom. The van der Waals surface area contributed by atoms with Gasteiger partial charge < -0.3 is 0 Å². The fourth-order valence-electron chi connectivity index (χ4n) is 3.57. The zero-order valence-electron chi connectivity index (χ0n) is 16.9. The lowest BCUT2D eigenvalue weighted by Crippen LogP contribution is -2.41. The van der Waals surface area contributed by atoms with Gasteiger partial charge in [0, 0.05) is 0 Å². The number of hydrogen-bond donors (Lipinski definition) is 0. The van der Waals surface area contributed by atoms with Gasteiger partial charge in [-0.1, -0.05) is 39.5 Å². The van der Waals surface area contributed by atoms with Gasteiger partial charge >= 0.3 is 11.6 Å². The number of aromatic nitrogens is 4. The SMILES string of the molecule is CCCCCCn1cc[n+](C)c1-c1n(CC)cc[n+]1CCCCCC. The van der Waals surface area contributed by atoms with Crippen molar-refractivity contribution in [2.75, 3.05) is 0 Å². The van der Waals surface area contributed by atoms with Crippen LogP contribution in [0.15, 0.2) is 24.8 Å². The van der Waals surface area contributed by atoms with Gasteiger partial charge in [0.1, 0.15) is 24.8 Å². The van der Waals surface area contributed by atoms with Crippen LogP contribution in [0.5, 0.6) is 0 Å². The van der Waals surface area contributed by atoms with Crippen molar-refractivity contribution in [3.05, 3.63) is 24.8 Å². The number of rotatable bonds is 12. The summed E-state index contributed by atoms with van der Waals surface area (Å²) < 4.78 is 9.57. The molecule has 0 saturated carbocycles. The summed E-state index contributed by atoms with van der Waals surface area (Å²) in [4.78, 5) is 0. The van der Waals surface area contributed by atoms with Gasteiger partial charge in [-0.05, 0) is 32.6 Å². The van der Waals surface area contributed by atoms with Gasteiger partial charge in [0.25, 0.3) is 0 Å². The van der Waals surface area contributed by atoms with E-state index in [1.807, 2.05) is 0 Å². The Labute approximate surface area is 154 Å². The van der Waals surface area contributed by atoms with Crippen LogP contribution in [0.3, 0.4) is 0 Å². The third kappa shape index (κ3) is 5.20. The maximum Gasteiger partial charge on any atom is 0.373 e. The minimum atomic E-state index is 1.01. The molecule has 0 fully saturated rings. The van der Waals surface area contributed by atoms with Gasteiger partial charge in [-0.15, -0.1) is 0 Å². The maximum absolute atomic E-state index is 2.46. The van der Waals surface area contributed by atoms with Crippen molar-refractivity contribution < 1.29 is 9.13 Å². The van der Waals surface area contributed by atoms with Crippen LogP contribution in [0.25, 0.3) is 11.6 Å². The molecule has 0 bridgehead atoms. The largest absolute Gasteiger partial charge is 0.373 e. The van der Waals surface area contributed by atoms with Crippen molar-refractivity contribution >= 4 is 0 Å². The second-order valence-corrected chi connectivity index (χ2v) is 7.15. The molecule has 2 heterocycles.